The van der Waals surface area contributed by atoms with Gasteiger partial charge in [-0.25, -0.2) is 0 Å². The van der Waals surface area contributed by atoms with Crippen LogP contribution in [0.2, 0.25) is 0 Å². The molecule has 0 fully saturated rings. The molecule has 0 aliphatic rings. The lowest BCUT2D eigenvalue weighted by Gasteiger charge is -2.04. The van der Waals surface area contributed by atoms with E-state index in [1.165, 1.54) is 22.3 Å². The summed E-state index contributed by atoms with van der Waals surface area (Å²) >= 11 is 0. The average molecular weight is 182 g/mol. The molecule has 0 radical (unpaired) electrons. The number of hydrogen-bond acceptors (Lipinski definition) is 0. The molecule has 0 aliphatic carbocycles. The molecule has 0 saturated carbocycles. The van der Waals surface area contributed by atoms with Crippen molar-refractivity contribution >= 4 is 0 Å². The molecule has 1 aromatic carbocycles. The molecule has 0 heterocycles. The van der Waals surface area contributed by atoms with E-state index in [2.05, 4.69) is 39.8 Å². The van der Waals surface area contributed by atoms with Crippen LogP contribution in [-0.4, -0.2) is 0 Å². The van der Waals surface area contributed by atoms with Gasteiger partial charge in [-0.15, -0.1) is 0 Å². The van der Waals surface area contributed by atoms with E-state index in [-0.39, 0.29) is 22.3 Å². The van der Waals surface area contributed by atoms with Crippen molar-refractivity contribution in [3.05, 3.63) is 34.4 Å². The van der Waals surface area contributed by atoms with Crippen molar-refractivity contribution in [3.8, 4) is 0 Å². The molecule has 13 heavy (non-hydrogen) atoms. The monoisotopic (exact) mass is 182 g/mol. The zero-order valence-corrected chi connectivity index (χ0v) is 7.15. The van der Waals surface area contributed by atoms with Crippen LogP contribution in [0.1, 0.15) is 44.5 Å². The maximum absolute atomic E-state index is 2.22. The van der Waals surface area contributed by atoms with Gasteiger partial charge in [-0.2, -0.15) is 0 Å². The molecular formula is C13H26. The van der Waals surface area contributed by atoms with Gasteiger partial charge in [0.1, 0.15) is 0 Å². The molecule has 0 N–H and O–H groups in total. The minimum absolute atomic E-state index is 0. The van der Waals surface area contributed by atoms with Gasteiger partial charge in [-0.05, 0) is 44.4 Å². The van der Waals surface area contributed by atoms with Gasteiger partial charge >= 0.3 is 0 Å². The lowest BCUT2D eigenvalue weighted by atomic mass is 10.0. The van der Waals surface area contributed by atoms with Gasteiger partial charge < -0.3 is 0 Å². The third kappa shape index (κ3) is 4.12. The van der Waals surface area contributed by atoms with Crippen LogP contribution in [-0.2, 0) is 0 Å². The van der Waals surface area contributed by atoms with E-state index in [9.17, 15) is 0 Å². The highest BCUT2D eigenvalue weighted by molar-refractivity contribution is 5.35. The summed E-state index contributed by atoms with van der Waals surface area (Å²) in [6.07, 6.45) is 0. The molecule has 0 heteroatoms. The first-order valence-corrected chi connectivity index (χ1v) is 3.65. The van der Waals surface area contributed by atoms with Crippen molar-refractivity contribution in [2.24, 2.45) is 0 Å². The molecule has 0 atom stereocenters. The van der Waals surface area contributed by atoms with Gasteiger partial charge in [-0.3, -0.25) is 0 Å². The van der Waals surface area contributed by atoms with Crippen molar-refractivity contribution in [3.63, 3.8) is 0 Å². The van der Waals surface area contributed by atoms with Crippen LogP contribution in [0, 0.1) is 27.7 Å². The van der Waals surface area contributed by atoms with Gasteiger partial charge in [-0.1, -0.05) is 40.0 Å². The lowest BCUT2D eigenvalue weighted by Crippen LogP contribution is -1.86. The minimum atomic E-state index is 0. The summed E-state index contributed by atoms with van der Waals surface area (Å²) in [5, 5.41) is 0. The quantitative estimate of drug-likeness (QED) is 0.539. The maximum atomic E-state index is 2.22. The van der Waals surface area contributed by atoms with Gasteiger partial charge in [0.2, 0.25) is 0 Å². The fourth-order valence-electron chi connectivity index (χ4n) is 1.25. The summed E-state index contributed by atoms with van der Waals surface area (Å²) in [5.41, 5.74) is 5.58. The average Bonchev–Trinajstić information content (AvgIpc) is 1.82. The van der Waals surface area contributed by atoms with E-state index < -0.39 is 0 Å². The topological polar surface area (TPSA) is 0 Å². The highest BCUT2D eigenvalue weighted by Crippen LogP contribution is 2.13. The molecule has 0 nitrogen and oxygen atoms in total. The summed E-state index contributed by atoms with van der Waals surface area (Å²) in [6.45, 7) is 8.63. The summed E-state index contributed by atoms with van der Waals surface area (Å²) in [7, 11) is 0. The third-order valence-corrected chi connectivity index (χ3v) is 2.07. The fraction of sp³-hybridized carbons (Fsp3) is 0.538. The molecule has 0 aromatic heterocycles. The predicted molar refractivity (Wildman–Crippen MR) is 65.6 cm³/mol. The van der Waals surface area contributed by atoms with E-state index in [0.29, 0.717) is 0 Å². The summed E-state index contributed by atoms with van der Waals surface area (Å²) in [6, 6.07) is 4.45. The Hall–Kier alpha value is -0.780. The third-order valence-electron chi connectivity index (χ3n) is 2.07. The van der Waals surface area contributed by atoms with Crippen molar-refractivity contribution in [2.75, 3.05) is 0 Å². The van der Waals surface area contributed by atoms with Crippen LogP contribution in [0.15, 0.2) is 12.1 Å². The molecule has 78 valence electrons. The summed E-state index contributed by atoms with van der Waals surface area (Å²) < 4.78 is 0. The largest absolute Gasteiger partial charge is 0.0776 e. The van der Waals surface area contributed by atoms with Crippen LogP contribution in [0.25, 0.3) is 0 Å². The Morgan fingerprint density at radius 1 is 0.692 bits per heavy atom. The Labute approximate surface area is 85.0 Å². The molecule has 0 bridgehead atoms. The van der Waals surface area contributed by atoms with Crippen molar-refractivity contribution in [1.29, 1.82) is 0 Å². The van der Waals surface area contributed by atoms with E-state index in [4.69, 9.17) is 0 Å². The summed E-state index contributed by atoms with van der Waals surface area (Å²) in [5.74, 6) is 0. The lowest BCUT2D eigenvalue weighted by molar-refractivity contribution is 1.23. The fourth-order valence-corrected chi connectivity index (χ4v) is 1.25. The molecule has 0 saturated heterocycles. The van der Waals surface area contributed by atoms with Crippen LogP contribution in [0.4, 0.5) is 0 Å². The maximum Gasteiger partial charge on any atom is -0.0392 e. The van der Waals surface area contributed by atoms with Crippen molar-refractivity contribution < 1.29 is 0 Å². The Balaban J connectivity index is -0.000000333. The molecule has 0 unspecified atom stereocenters. The van der Waals surface area contributed by atoms with E-state index in [1.807, 2.05) is 0 Å². The van der Waals surface area contributed by atoms with Crippen LogP contribution < -0.4 is 0 Å². The number of hydrogen-bond donors (Lipinski definition) is 0. The van der Waals surface area contributed by atoms with Gasteiger partial charge in [0, 0.05) is 0 Å². The molecule has 0 amide bonds. The van der Waals surface area contributed by atoms with Crippen LogP contribution >= 0.6 is 0 Å². The van der Waals surface area contributed by atoms with E-state index in [1.54, 1.807) is 0 Å². The molecule has 1 rings (SSSR count). The van der Waals surface area contributed by atoms with Gasteiger partial charge in [0.05, 0.1) is 0 Å². The highest BCUT2D eigenvalue weighted by atomic mass is 14.0. The Morgan fingerprint density at radius 2 is 1.00 bits per heavy atom. The number of aryl methyl sites for hydroxylation is 3. The minimum Gasteiger partial charge on any atom is -0.0776 e. The Kier molecular flexibility index (Phi) is 9.33. The zero-order chi connectivity index (χ0) is 7.72. The van der Waals surface area contributed by atoms with Gasteiger partial charge in [0.25, 0.3) is 0 Å². The Bertz CT molecular complexity index is 223. The SMILES string of the molecule is C.C.C.Cc1cc(C)c(C)c(C)c1. The van der Waals surface area contributed by atoms with E-state index in [0.717, 1.165) is 0 Å². The summed E-state index contributed by atoms with van der Waals surface area (Å²) in [4.78, 5) is 0. The normalized spacial score (nSPS) is 7.69. The first kappa shape index (κ1) is 18.1. The second-order valence-corrected chi connectivity index (χ2v) is 3.02. The number of rotatable bonds is 0. The van der Waals surface area contributed by atoms with E-state index >= 15 is 0 Å². The van der Waals surface area contributed by atoms with Crippen LogP contribution in [0.5, 0.6) is 0 Å². The Morgan fingerprint density at radius 3 is 1.31 bits per heavy atom. The molecule has 0 spiro atoms. The van der Waals surface area contributed by atoms with Crippen LogP contribution in [0.3, 0.4) is 0 Å². The second-order valence-electron chi connectivity index (χ2n) is 3.02. The highest BCUT2D eigenvalue weighted by Gasteiger charge is 1.95. The first-order chi connectivity index (χ1) is 4.61. The molecule has 0 aliphatic heterocycles. The number of benzene rings is 1. The molecule has 1 aromatic rings. The standard InChI is InChI=1S/C10H14.3CH4/c1-7-5-8(2)10(4)9(3)6-7;;;/h5-6H,1-4H3;3*1H4. The second kappa shape index (κ2) is 6.71. The predicted octanol–water partition coefficient (Wildman–Crippen LogP) is 4.83. The van der Waals surface area contributed by atoms with Crippen molar-refractivity contribution in [2.45, 2.75) is 50.0 Å². The zero-order valence-electron chi connectivity index (χ0n) is 7.15. The molecular weight excluding hydrogens is 156 g/mol. The van der Waals surface area contributed by atoms with Gasteiger partial charge in [0.15, 0.2) is 0 Å². The first-order valence-electron chi connectivity index (χ1n) is 3.65. The van der Waals surface area contributed by atoms with Crippen molar-refractivity contribution in [1.82, 2.24) is 0 Å². The smallest absolute Gasteiger partial charge is 0.0392 e.